The summed E-state index contributed by atoms with van der Waals surface area (Å²) < 4.78 is 5.20. The lowest BCUT2D eigenvalue weighted by Gasteiger charge is -2.26. The summed E-state index contributed by atoms with van der Waals surface area (Å²) in [6.07, 6.45) is 1.23. The van der Waals surface area contributed by atoms with Crippen LogP contribution in [-0.4, -0.2) is 18.6 Å². The van der Waals surface area contributed by atoms with E-state index >= 15 is 0 Å². The van der Waals surface area contributed by atoms with Gasteiger partial charge in [-0.1, -0.05) is 0 Å². The second kappa shape index (κ2) is 3.28. The van der Waals surface area contributed by atoms with Crippen molar-refractivity contribution in [2.75, 3.05) is 13.7 Å². The Morgan fingerprint density at radius 1 is 1.33 bits per heavy atom. The highest BCUT2D eigenvalue weighted by atomic mass is 16.5. The summed E-state index contributed by atoms with van der Waals surface area (Å²) in [7, 11) is 1.69. The molecule has 1 aliphatic heterocycles. The van der Waals surface area contributed by atoms with Crippen LogP contribution in [0.3, 0.4) is 0 Å². The first kappa shape index (κ1) is 8.80. The third-order valence-corrected chi connectivity index (χ3v) is 3.05. The maximum absolute atomic E-state index is 5.20. The zero-order valence-corrected chi connectivity index (χ0v) is 8.71. The van der Waals surface area contributed by atoms with Crippen molar-refractivity contribution >= 4 is 10.9 Å². The number of rotatable bonds is 2. The van der Waals surface area contributed by atoms with Crippen LogP contribution in [0.2, 0.25) is 0 Å². The summed E-state index contributed by atoms with van der Waals surface area (Å²) in [5.41, 5.74) is 2.43. The van der Waals surface area contributed by atoms with Crippen LogP contribution in [0.5, 0.6) is 5.75 Å². The molecule has 1 aromatic heterocycles. The second-order valence-electron chi connectivity index (χ2n) is 3.97. The van der Waals surface area contributed by atoms with Gasteiger partial charge in [-0.2, -0.15) is 0 Å². The molecule has 3 nitrogen and oxygen atoms in total. The minimum atomic E-state index is 0.517. The molecule has 15 heavy (non-hydrogen) atoms. The van der Waals surface area contributed by atoms with Gasteiger partial charge in [-0.3, -0.25) is 0 Å². The molecule has 1 atom stereocenters. The van der Waals surface area contributed by atoms with Crippen LogP contribution in [0.4, 0.5) is 0 Å². The van der Waals surface area contributed by atoms with E-state index in [1.165, 1.54) is 17.5 Å². The molecule has 1 aliphatic rings. The van der Waals surface area contributed by atoms with Gasteiger partial charge in [0.1, 0.15) is 5.75 Å². The fourth-order valence-corrected chi connectivity index (χ4v) is 2.00. The van der Waals surface area contributed by atoms with Crippen molar-refractivity contribution in [3.63, 3.8) is 0 Å². The van der Waals surface area contributed by atoms with E-state index in [1.807, 2.05) is 12.1 Å². The van der Waals surface area contributed by atoms with Gasteiger partial charge in [0.05, 0.1) is 7.11 Å². The molecular weight excluding hydrogens is 188 g/mol. The number of aromatic nitrogens is 1. The van der Waals surface area contributed by atoms with Crippen LogP contribution in [0.1, 0.15) is 18.2 Å². The molecule has 3 heteroatoms. The van der Waals surface area contributed by atoms with Gasteiger partial charge in [0.15, 0.2) is 0 Å². The van der Waals surface area contributed by atoms with Crippen molar-refractivity contribution in [1.82, 2.24) is 10.3 Å². The van der Waals surface area contributed by atoms with Crippen molar-refractivity contribution in [3.8, 4) is 5.75 Å². The molecule has 2 N–H and O–H groups in total. The van der Waals surface area contributed by atoms with Gasteiger partial charge in [0.2, 0.25) is 0 Å². The average molecular weight is 202 g/mol. The fraction of sp³-hybridized carbons (Fsp3) is 0.333. The Labute approximate surface area is 88.4 Å². The number of hydrogen-bond donors (Lipinski definition) is 2. The Kier molecular flexibility index (Phi) is 1.92. The van der Waals surface area contributed by atoms with E-state index in [9.17, 15) is 0 Å². The van der Waals surface area contributed by atoms with E-state index in [1.54, 1.807) is 7.11 Å². The Morgan fingerprint density at radius 3 is 2.87 bits per heavy atom. The van der Waals surface area contributed by atoms with Gasteiger partial charge < -0.3 is 15.0 Å². The molecule has 78 valence electrons. The first-order valence-corrected chi connectivity index (χ1v) is 5.27. The normalized spacial score (nSPS) is 20.2. The SMILES string of the molecule is COc1ccc2cc(C3CCN3)[nH]c2c1. The molecule has 1 fully saturated rings. The first-order chi connectivity index (χ1) is 7.36. The zero-order valence-electron chi connectivity index (χ0n) is 8.71. The largest absolute Gasteiger partial charge is 0.497 e. The molecule has 3 rings (SSSR count). The van der Waals surface area contributed by atoms with Gasteiger partial charge >= 0.3 is 0 Å². The topological polar surface area (TPSA) is 37.0 Å². The third kappa shape index (κ3) is 1.39. The maximum Gasteiger partial charge on any atom is 0.120 e. The molecule has 0 saturated carbocycles. The van der Waals surface area contributed by atoms with Gasteiger partial charge in [0, 0.05) is 23.3 Å². The molecule has 0 bridgehead atoms. The lowest BCUT2D eigenvalue weighted by Crippen LogP contribution is -2.35. The van der Waals surface area contributed by atoms with E-state index in [4.69, 9.17) is 4.74 Å². The molecule has 2 heterocycles. The minimum absolute atomic E-state index is 0.517. The Hall–Kier alpha value is -1.48. The highest BCUT2D eigenvalue weighted by molar-refractivity contribution is 5.82. The Bertz CT molecular complexity index is 485. The number of methoxy groups -OCH3 is 1. The molecule has 1 unspecified atom stereocenters. The van der Waals surface area contributed by atoms with Crippen molar-refractivity contribution < 1.29 is 4.74 Å². The van der Waals surface area contributed by atoms with Crippen LogP contribution in [-0.2, 0) is 0 Å². The predicted octanol–water partition coefficient (Wildman–Crippen LogP) is 2.21. The summed E-state index contributed by atoms with van der Waals surface area (Å²) in [6.45, 7) is 1.13. The molecule has 0 amide bonds. The number of hydrogen-bond acceptors (Lipinski definition) is 2. The van der Waals surface area contributed by atoms with Crippen molar-refractivity contribution in [2.24, 2.45) is 0 Å². The quantitative estimate of drug-likeness (QED) is 0.783. The molecule has 1 aromatic carbocycles. The molecular formula is C12H14N2O. The third-order valence-electron chi connectivity index (χ3n) is 3.05. The second-order valence-corrected chi connectivity index (χ2v) is 3.97. The summed E-state index contributed by atoms with van der Waals surface area (Å²) >= 11 is 0. The van der Waals surface area contributed by atoms with E-state index in [2.05, 4.69) is 22.4 Å². The smallest absolute Gasteiger partial charge is 0.120 e. The number of fused-ring (bicyclic) bond motifs is 1. The molecule has 1 saturated heterocycles. The highest BCUT2D eigenvalue weighted by Gasteiger charge is 2.19. The van der Waals surface area contributed by atoms with Crippen molar-refractivity contribution in [2.45, 2.75) is 12.5 Å². The van der Waals surface area contributed by atoms with E-state index in [0.717, 1.165) is 17.8 Å². The highest BCUT2D eigenvalue weighted by Crippen LogP contribution is 2.27. The van der Waals surface area contributed by atoms with E-state index in [0.29, 0.717) is 6.04 Å². The molecule has 2 aromatic rings. The average Bonchev–Trinajstić information content (AvgIpc) is 2.56. The summed E-state index contributed by atoms with van der Waals surface area (Å²) in [5, 5.41) is 4.64. The summed E-state index contributed by atoms with van der Waals surface area (Å²) in [4.78, 5) is 3.43. The van der Waals surface area contributed by atoms with E-state index < -0.39 is 0 Å². The predicted molar refractivity (Wildman–Crippen MR) is 60.2 cm³/mol. The molecule has 0 radical (unpaired) electrons. The fourth-order valence-electron chi connectivity index (χ4n) is 2.00. The van der Waals surface area contributed by atoms with Crippen LogP contribution >= 0.6 is 0 Å². The summed E-state index contributed by atoms with van der Waals surface area (Å²) in [5.74, 6) is 0.900. The number of nitrogens with one attached hydrogen (secondary N) is 2. The number of H-pyrrole nitrogens is 1. The van der Waals surface area contributed by atoms with Gasteiger partial charge in [-0.15, -0.1) is 0 Å². The van der Waals surface area contributed by atoms with Crippen LogP contribution < -0.4 is 10.1 Å². The monoisotopic (exact) mass is 202 g/mol. The Morgan fingerprint density at radius 2 is 2.20 bits per heavy atom. The zero-order chi connectivity index (χ0) is 10.3. The standard InChI is InChI=1S/C12H14N2O/c1-15-9-3-2-8-6-12(10-4-5-13-10)14-11(8)7-9/h2-3,6-7,10,13-14H,4-5H2,1H3. The van der Waals surface area contributed by atoms with Gasteiger partial charge in [-0.25, -0.2) is 0 Å². The van der Waals surface area contributed by atoms with Crippen molar-refractivity contribution in [1.29, 1.82) is 0 Å². The number of ether oxygens (including phenoxy) is 1. The van der Waals surface area contributed by atoms with Gasteiger partial charge in [-0.05, 0) is 36.6 Å². The van der Waals surface area contributed by atoms with E-state index in [-0.39, 0.29) is 0 Å². The lowest BCUT2D eigenvalue weighted by molar-refractivity contribution is 0.377. The minimum Gasteiger partial charge on any atom is -0.497 e. The number of benzene rings is 1. The summed E-state index contributed by atoms with van der Waals surface area (Å²) in [6, 6.07) is 8.85. The van der Waals surface area contributed by atoms with Crippen molar-refractivity contribution in [3.05, 3.63) is 30.0 Å². The van der Waals surface area contributed by atoms with Crippen LogP contribution in [0, 0.1) is 0 Å². The maximum atomic E-state index is 5.20. The van der Waals surface area contributed by atoms with Gasteiger partial charge in [0.25, 0.3) is 0 Å². The molecule has 0 aliphatic carbocycles. The Balaban J connectivity index is 2.04. The van der Waals surface area contributed by atoms with Crippen LogP contribution in [0.15, 0.2) is 24.3 Å². The number of aromatic amines is 1. The molecule has 0 spiro atoms. The van der Waals surface area contributed by atoms with Crippen LogP contribution in [0.25, 0.3) is 10.9 Å². The first-order valence-electron chi connectivity index (χ1n) is 5.27. The lowest BCUT2D eigenvalue weighted by atomic mass is 10.0.